The van der Waals surface area contributed by atoms with E-state index in [-0.39, 0.29) is 0 Å². The fourth-order valence-electron chi connectivity index (χ4n) is 3.29. The molecule has 4 rings (SSSR count). The minimum atomic E-state index is -0.468. The maximum atomic E-state index is 12.5. The van der Waals surface area contributed by atoms with Gasteiger partial charge in [-0.25, -0.2) is 4.79 Å². The highest BCUT2D eigenvalue weighted by Crippen LogP contribution is 2.42. The van der Waals surface area contributed by atoms with Crippen LogP contribution in [-0.2, 0) is 12.8 Å². The van der Waals surface area contributed by atoms with Crippen LogP contribution in [0.15, 0.2) is 24.3 Å². The number of hydrogen-bond acceptors (Lipinski definition) is 5. The number of nitrogens with zero attached hydrogens (tertiary/aromatic N) is 3. The van der Waals surface area contributed by atoms with Crippen LogP contribution >= 0.6 is 11.3 Å². The molecule has 0 spiro atoms. The number of hydrazine groups is 1. The first-order valence-corrected chi connectivity index (χ1v) is 8.76. The van der Waals surface area contributed by atoms with Crippen LogP contribution in [-0.4, -0.2) is 11.2 Å². The van der Waals surface area contributed by atoms with Crippen LogP contribution < -0.4 is 15.5 Å². The van der Waals surface area contributed by atoms with Crippen LogP contribution in [0.4, 0.5) is 21.2 Å². The average Bonchev–Trinajstić information content (AvgIpc) is 2.75. The lowest BCUT2D eigenvalue weighted by Gasteiger charge is -2.35. The summed E-state index contributed by atoms with van der Waals surface area (Å²) in [5.74, 6) is 0. The molecule has 0 saturated heterocycles. The molecule has 0 fully saturated rings. The number of aryl methyl sites for hydroxylation is 1. The minimum Gasteiger partial charge on any atom is -0.304 e. The number of benzene rings is 1. The number of thiophene rings is 1. The van der Waals surface area contributed by atoms with Gasteiger partial charge in [0, 0.05) is 4.88 Å². The SMILES string of the molecule is N#Cc1c(N2C(=O)Nc3ccccc3N2O)sc2c1CCCCC2. The molecule has 122 valence electrons. The molecule has 0 bridgehead atoms. The van der Waals surface area contributed by atoms with Gasteiger partial charge < -0.3 is 5.32 Å². The third-order valence-corrected chi connectivity index (χ3v) is 5.72. The number of amides is 2. The van der Waals surface area contributed by atoms with Gasteiger partial charge in [0.1, 0.15) is 16.8 Å². The Balaban J connectivity index is 1.82. The Bertz CT molecular complexity index is 855. The number of carbonyl (C=O) groups excluding carboxylic acids is 1. The Labute approximate surface area is 143 Å². The Morgan fingerprint density at radius 2 is 2.00 bits per heavy atom. The zero-order valence-electron chi connectivity index (χ0n) is 13.0. The molecular weight excluding hydrogens is 324 g/mol. The van der Waals surface area contributed by atoms with E-state index in [2.05, 4.69) is 11.4 Å². The largest absolute Gasteiger partial charge is 0.348 e. The summed E-state index contributed by atoms with van der Waals surface area (Å²) in [5, 5.41) is 25.5. The number of carbonyl (C=O) groups is 1. The molecule has 1 aliphatic heterocycles. The molecule has 0 radical (unpaired) electrons. The third kappa shape index (κ3) is 2.23. The van der Waals surface area contributed by atoms with Crippen molar-refractivity contribution in [3.8, 4) is 6.07 Å². The molecule has 2 aromatic rings. The van der Waals surface area contributed by atoms with E-state index in [1.807, 2.05) is 0 Å². The van der Waals surface area contributed by atoms with Crippen molar-refractivity contribution >= 4 is 33.7 Å². The van der Waals surface area contributed by atoms with Crippen molar-refractivity contribution in [3.63, 3.8) is 0 Å². The number of anilines is 3. The van der Waals surface area contributed by atoms with Gasteiger partial charge >= 0.3 is 6.03 Å². The molecule has 2 amide bonds. The summed E-state index contributed by atoms with van der Waals surface area (Å²) in [7, 11) is 0. The van der Waals surface area contributed by atoms with E-state index in [0.29, 0.717) is 21.9 Å². The number of hydrogen-bond donors (Lipinski definition) is 2. The average molecular weight is 340 g/mol. The van der Waals surface area contributed by atoms with Crippen LogP contribution in [0.2, 0.25) is 0 Å². The van der Waals surface area contributed by atoms with Crippen LogP contribution in [0.3, 0.4) is 0 Å². The Morgan fingerprint density at radius 1 is 1.21 bits per heavy atom. The van der Waals surface area contributed by atoms with E-state index in [1.54, 1.807) is 24.3 Å². The Morgan fingerprint density at radius 3 is 2.83 bits per heavy atom. The fraction of sp³-hybridized carbons (Fsp3) is 0.294. The first kappa shape index (κ1) is 15.0. The summed E-state index contributed by atoms with van der Waals surface area (Å²) < 4.78 is 0. The highest BCUT2D eigenvalue weighted by atomic mass is 32.1. The summed E-state index contributed by atoms with van der Waals surface area (Å²) in [5.41, 5.74) is 2.56. The highest BCUT2D eigenvalue weighted by molar-refractivity contribution is 7.16. The van der Waals surface area contributed by atoms with E-state index in [0.717, 1.165) is 52.7 Å². The number of urea groups is 1. The molecule has 2 N–H and O–H groups in total. The van der Waals surface area contributed by atoms with Gasteiger partial charge in [-0.1, -0.05) is 18.6 Å². The van der Waals surface area contributed by atoms with Crippen LogP contribution in [0.5, 0.6) is 0 Å². The first-order chi connectivity index (χ1) is 11.7. The molecule has 2 heterocycles. The first-order valence-electron chi connectivity index (χ1n) is 7.94. The lowest BCUT2D eigenvalue weighted by molar-refractivity contribution is 0.222. The zero-order valence-corrected chi connectivity index (χ0v) is 13.8. The Kier molecular flexibility index (Phi) is 3.63. The number of nitriles is 1. The summed E-state index contributed by atoms with van der Waals surface area (Å²) in [6, 6.07) is 8.79. The molecular formula is C17H16N4O2S. The second-order valence-electron chi connectivity index (χ2n) is 5.90. The lowest BCUT2D eigenvalue weighted by atomic mass is 10.1. The van der Waals surface area contributed by atoms with Crippen molar-refractivity contribution in [2.75, 3.05) is 15.5 Å². The minimum absolute atomic E-state index is 0.468. The summed E-state index contributed by atoms with van der Waals surface area (Å²) in [6.45, 7) is 0. The Hall–Kier alpha value is -2.56. The number of para-hydroxylation sites is 2. The summed E-state index contributed by atoms with van der Waals surface area (Å²) in [6.07, 6.45) is 5.08. The molecule has 7 heteroatoms. The van der Waals surface area contributed by atoms with Crippen molar-refractivity contribution in [1.29, 1.82) is 5.26 Å². The van der Waals surface area contributed by atoms with Crippen molar-refractivity contribution in [3.05, 3.63) is 40.3 Å². The molecule has 1 aromatic heterocycles. The van der Waals surface area contributed by atoms with Crippen molar-refractivity contribution in [1.82, 2.24) is 0 Å². The smallest absolute Gasteiger partial charge is 0.304 e. The molecule has 1 aliphatic carbocycles. The third-order valence-electron chi connectivity index (χ3n) is 4.45. The summed E-state index contributed by atoms with van der Waals surface area (Å²) in [4.78, 5) is 13.7. The lowest BCUT2D eigenvalue weighted by Crippen LogP contribution is -2.50. The molecule has 24 heavy (non-hydrogen) atoms. The second-order valence-corrected chi connectivity index (χ2v) is 6.99. The predicted molar refractivity (Wildman–Crippen MR) is 92.5 cm³/mol. The van der Waals surface area contributed by atoms with E-state index >= 15 is 0 Å². The van der Waals surface area contributed by atoms with Crippen LogP contribution in [0, 0.1) is 11.3 Å². The van der Waals surface area contributed by atoms with E-state index in [1.165, 1.54) is 11.3 Å². The molecule has 0 atom stereocenters. The molecule has 0 unspecified atom stereocenters. The van der Waals surface area contributed by atoms with Crippen LogP contribution in [0.25, 0.3) is 0 Å². The maximum absolute atomic E-state index is 12.5. The molecule has 1 aromatic carbocycles. The summed E-state index contributed by atoms with van der Waals surface area (Å²) >= 11 is 1.43. The molecule has 0 saturated carbocycles. The number of rotatable bonds is 1. The zero-order chi connectivity index (χ0) is 16.7. The predicted octanol–water partition coefficient (Wildman–Crippen LogP) is 4.05. The van der Waals surface area contributed by atoms with Gasteiger partial charge in [0.2, 0.25) is 0 Å². The van der Waals surface area contributed by atoms with Crippen molar-refractivity contribution < 1.29 is 10.0 Å². The topological polar surface area (TPSA) is 79.6 Å². The quantitative estimate of drug-likeness (QED) is 0.768. The fourth-order valence-corrected chi connectivity index (χ4v) is 4.61. The number of nitrogens with one attached hydrogen (secondary N) is 1. The normalized spacial score (nSPS) is 16.8. The van der Waals surface area contributed by atoms with Crippen molar-refractivity contribution in [2.45, 2.75) is 32.1 Å². The van der Waals surface area contributed by atoms with E-state index < -0.39 is 6.03 Å². The van der Waals surface area contributed by atoms with Crippen LogP contribution in [0.1, 0.15) is 35.3 Å². The highest BCUT2D eigenvalue weighted by Gasteiger charge is 2.35. The second kappa shape index (κ2) is 5.82. The van der Waals surface area contributed by atoms with Gasteiger partial charge in [0.25, 0.3) is 0 Å². The standard InChI is InChI=1S/C17H16N4O2S/c18-10-12-11-6-2-1-3-9-15(11)24-16(12)20-17(22)19-13-7-4-5-8-14(13)21(20)23/h4-5,7-8,23H,1-3,6,9H2,(H,19,22). The van der Waals surface area contributed by atoms with E-state index in [9.17, 15) is 15.3 Å². The van der Waals surface area contributed by atoms with Gasteiger partial charge in [-0.05, 0) is 43.4 Å². The van der Waals surface area contributed by atoms with E-state index in [4.69, 9.17) is 0 Å². The van der Waals surface area contributed by atoms with Gasteiger partial charge in [0.15, 0.2) is 0 Å². The monoisotopic (exact) mass is 340 g/mol. The van der Waals surface area contributed by atoms with Crippen molar-refractivity contribution in [2.24, 2.45) is 0 Å². The van der Waals surface area contributed by atoms with Gasteiger partial charge in [-0.2, -0.15) is 15.4 Å². The number of fused-ring (bicyclic) bond motifs is 2. The molecule has 2 aliphatic rings. The van der Waals surface area contributed by atoms with Gasteiger partial charge in [0.05, 0.1) is 11.3 Å². The van der Waals surface area contributed by atoms with Gasteiger partial charge in [-0.15, -0.1) is 11.3 Å². The maximum Gasteiger partial charge on any atom is 0.348 e. The molecule has 6 nitrogen and oxygen atoms in total. The van der Waals surface area contributed by atoms with Gasteiger partial charge in [-0.3, -0.25) is 5.21 Å².